The smallest absolute Gasteiger partial charge is 0.306 e. The molecule has 0 saturated carbocycles. The number of methoxy groups -OCH3 is 1. The average molecular weight is 729 g/mol. The van der Waals surface area contributed by atoms with Gasteiger partial charge < -0.3 is 34.1 Å². The van der Waals surface area contributed by atoms with Crippen molar-refractivity contribution in [1.82, 2.24) is 10.6 Å². The Balaban J connectivity index is 3.41. The van der Waals surface area contributed by atoms with E-state index in [0.717, 1.165) is 68.9 Å². The lowest BCUT2D eigenvalue weighted by Crippen LogP contribution is -2.46. The number of hydrogen-bond acceptors (Lipinski definition) is 8. The molecule has 0 bridgehead atoms. The predicted molar refractivity (Wildman–Crippen MR) is 204 cm³/mol. The molecule has 0 aliphatic rings. The van der Waals surface area contributed by atoms with Crippen LogP contribution in [0.25, 0.3) is 0 Å². The maximum atomic E-state index is 12.1. The number of unbranched alkanes of at least 4 members (excludes halogenated alkanes) is 15. The van der Waals surface area contributed by atoms with Crippen LogP contribution in [-0.2, 0) is 38.1 Å². The summed E-state index contributed by atoms with van der Waals surface area (Å²) >= 11 is 0. The molecule has 0 aromatic heterocycles. The van der Waals surface area contributed by atoms with Crippen LogP contribution < -0.4 is 10.6 Å². The molecule has 11 heteroatoms. The first-order chi connectivity index (χ1) is 24.3. The zero-order chi connectivity index (χ0) is 38.1. The fourth-order valence-electron chi connectivity index (χ4n) is 5.69. The number of hydrogen-bond donors (Lipinski definition) is 2. The van der Waals surface area contributed by atoms with Crippen LogP contribution in [0.4, 0.5) is 0 Å². The Kier molecular flexibility index (Phi) is 31.0. The lowest BCUT2D eigenvalue weighted by Gasteiger charge is -2.30. The third-order valence-electron chi connectivity index (χ3n) is 8.76. The molecule has 0 atom stereocenters. The Bertz CT molecular complexity index is 891. The highest BCUT2D eigenvalue weighted by atomic mass is 16.6. The molecule has 11 nitrogen and oxygen atoms in total. The van der Waals surface area contributed by atoms with E-state index in [-0.39, 0.29) is 36.0 Å². The lowest BCUT2D eigenvalue weighted by molar-refractivity contribution is -0.889. The predicted octanol–water partition coefficient (Wildman–Crippen LogP) is 7.04. The fourth-order valence-corrected chi connectivity index (χ4v) is 5.69. The van der Waals surface area contributed by atoms with E-state index in [1.54, 1.807) is 0 Å². The van der Waals surface area contributed by atoms with E-state index in [9.17, 15) is 19.2 Å². The summed E-state index contributed by atoms with van der Waals surface area (Å²) in [7, 11) is 5.70. The molecular weight excluding hydrogens is 650 g/mol. The molecule has 2 amide bonds. The molecule has 0 saturated heterocycles. The highest BCUT2D eigenvalue weighted by Gasteiger charge is 2.16. The van der Waals surface area contributed by atoms with Gasteiger partial charge in [-0.05, 0) is 59.3 Å². The molecule has 0 aromatic carbocycles. The van der Waals surface area contributed by atoms with Gasteiger partial charge in [0.25, 0.3) is 0 Å². The third kappa shape index (κ3) is 37.3. The molecule has 51 heavy (non-hydrogen) atoms. The van der Waals surface area contributed by atoms with Crippen molar-refractivity contribution < 1.29 is 42.6 Å². The molecule has 300 valence electrons. The van der Waals surface area contributed by atoms with Crippen molar-refractivity contribution in [3.05, 3.63) is 0 Å². The van der Waals surface area contributed by atoms with Crippen molar-refractivity contribution in [2.75, 3.05) is 73.8 Å². The van der Waals surface area contributed by atoms with Gasteiger partial charge in [0.2, 0.25) is 11.8 Å². The van der Waals surface area contributed by atoms with Crippen molar-refractivity contribution in [3.8, 4) is 0 Å². The van der Waals surface area contributed by atoms with Gasteiger partial charge in [-0.3, -0.25) is 19.2 Å². The first-order valence-electron chi connectivity index (χ1n) is 20.1. The highest BCUT2D eigenvalue weighted by Crippen LogP contribution is 2.15. The number of carbonyl (C=O) groups excluding carboxylic acids is 4. The molecule has 0 aromatic rings. The Morgan fingerprint density at radius 3 is 1.53 bits per heavy atom. The normalized spacial score (nSPS) is 11.7. The van der Waals surface area contributed by atoms with Gasteiger partial charge in [-0.15, -0.1) is 0 Å². The number of carbonyl (C=O) groups is 4. The Morgan fingerprint density at radius 2 is 0.980 bits per heavy atom. The van der Waals surface area contributed by atoms with Crippen molar-refractivity contribution in [3.63, 3.8) is 0 Å². The van der Waals surface area contributed by atoms with E-state index in [1.165, 1.54) is 71.3 Å². The molecule has 2 N–H and O–H groups in total. The standard InChI is InChI=1S/C40H77N3O8/c1-40(2,3)51-39(47)27-21-18-16-14-12-10-8-7-9-11-13-15-17-20-25-36(44)41-28-24-32-49-33-34-50-35-37(45)42-29-31-43(4,5)30-23-19-22-26-38(46)48-6/h7-35H2,1-6H3,(H-,41,42,44,45)/p+1. The number of nitrogens with zero attached hydrogens (tertiary/aromatic N) is 1. The Morgan fingerprint density at radius 1 is 0.510 bits per heavy atom. The van der Waals surface area contributed by atoms with E-state index in [0.29, 0.717) is 52.2 Å². The van der Waals surface area contributed by atoms with Crippen molar-refractivity contribution in [2.45, 2.75) is 161 Å². The molecule has 0 heterocycles. The lowest BCUT2D eigenvalue weighted by atomic mass is 10.0. The number of nitrogens with one attached hydrogen (secondary N) is 2. The van der Waals surface area contributed by atoms with Gasteiger partial charge in [0.05, 0.1) is 54.1 Å². The molecule has 0 aliphatic heterocycles. The maximum absolute atomic E-state index is 12.1. The van der Waals surface area contributed by atoms with E-state index < -0.39 is 0 Å². The van der Waals surface area contributed by atoms with Crippen LogP contribution in [0.1, 0.15) is 156 Å². The van der Waals surface area contributed by atoms with Crippen LogP contribution in [-0.4, -0.2) is 108 Å². The SMILES string of the molecule is COC(=O)CCCCC[N+](C)(C)CCNC(=O)COCCOCCCNC(=O)CCCCCCCCCCCCCCCCC(=O)OC(C)(C)C. The van der Waals surface area contributed by atoms with Crippen LogP contribution in [0.15, 0.2) is 0 Å². The van der Waals surface area contributed by atoms with Crippen LogP contribution in [0.3, 0.4) is 0 Å². The zero-order valence-electron chi connectivity index (χ0n) is 33.7. The fraction of sp³-hybridized carbons (Fsp3) is 0.900. The maximum Gasteiger partial charge on any atom is 0.306 e. The minimum Gasteiger partial charge on any atom is -0.469 e. The first-order valence-corrected chi connectivity index (χ1v) is 20.1. The molecule has 0 spiro atoms. The number of quaternary nitrogens is 1. The molecule has 0 rings (SSSR count). The second-order valence-corrected chi connectivity index (χ2v) is 15.5. The van der Waals surface area contributed by atoms with Crippen molar-refractivity contribution in [2.24, 2.45) is 0 Å². The van der Waals surface area contributed by atoms with E-state index in [1.807, 2.05) is 20.8 Å². The molecule has 0 fully saturated rings. The van der Waals surface area contributed by atoms with E-state index in [2.05, 4.69) is 29.5 Å². The van der Waals surface area contributed by atoms with E-state index >= 15 is 0 Å². The minimum absolute atomic E-state index is 0.0170. The first kappa shape index (κ1) is 48.8. The van der Waals surface area contributed by atoms with Gasteiger partial charge in [0, 0.05) is 32.4 Å². The van der Waals surface area contributed by atoms with Gasteiger partial charge in [-0.25, -0.2) is 0 Å². The Labute approximate surface area is 311 Å². The van der Waals surface area contributed by atoms with Crippen LogP contribution in [0.2, 0.25) is 0 Å². The number of ether oxygens (including phenoxy) is 4. The average Bonchev–Trinajstić information content (AvgIpc) is 3.06. The highest BCUT2D eigenvalue weighted by molar-refractivity contribution is 5.77. The second kappa shape index (κ2) is 32.4. The van der Waals surface area contributed by atoms with Crippen LogP contribution in [0.5, 0.6) is 0 Å². The number of likely N-dealkylation sites (N-methyl/N-ethyl adjacent to an activating group) is 1. The van der Waals surface area contributed by atoms with Gasteiger partial charge in [-0.1, -0.05) is 77.0 Å². The second-order valence-electron chi connectivity index (χ2n) is 15.5. The van der Waals surface area contributed by atoms with Gasteiger partial charge in [-0.2, -0.15) is 0 Å². The summed E-state index contributed by atoms with van der Waals surface area (Å²) in [6, 6.07) is 0. The molecule has 0 radical (unpaired) electrons. The summed E-state index contributed by atoms with van der Waals surface area (Å²) in [5.41, 5.74) is -0.381. The van der Waals surface area contributed by atoms with Crippen molar-refractivity contribution in [1.29, 1.82) is 0 Å². The van der Waals surface area contributed by atoms with Crippen LogP contribution >= 0.6 is 0 Å². The summed E-state index contributed by atoms with van der Waals surface area (Å²) in [5, 5.41) is 5.88. The quantitative estimate of drug-likeness (QED) is 0.0404. The number of rotatable bonds is 35. The molecular formula is C40H78N3O8+. The topological polar surface area (TPSA) is 129 Å². The van der Waals surface area contributed by atoms with Gasteiger partial charge in [0.1, 0.15) is 12.2 Å². The Hall–Kier alpha value is -2.24. The summed E-state index contributed by atoms with van der Waals surface area (Å²) in [4.78, 5) is 47.0. The van der Waals surface area contributed by atoms with Gasteiger partial charge >= 0.3 is 11.9 Å². The number of amides is 2. The third-order valence-corrected chi connectivity index (χ3v) is 8.76. The van der Waals surface area contributed by atoms with Gasteiger partial charge in [0.15, 0.2) is 0 Å². The summed E-state index contributed by atoms with van der Waals surface area (Å²) < 4.78 is 21.8. The monoisotopic (exact) mass is 729 g/mol. The van der Waals surface area contributed by atoms with Crippen molar-refractivity contribution >= 4 is 23.8 Å². The van der Waals surface area contributed by atoms with Crippen LogP contribution in [0, 0.1) is 0 Å². The molecule has 0 aliphatic carbocycles. The molecule has 0 unspecified atom stereocenters. The summed E-state index contributed by atoms with van der Waals surface area (Å²) in [6.45, 7) is 10.1. The summed E-state index contributed by atoms with van der Waals surface area (Å²) in [5.74, 6) is -0.246. The summed E-state index contributed by atoms with van der Waals surface area (Å²) in [6.07, 6.45) is 22.1. The van der Waals surface area contributed by atoms with E-state index in [4.69, 9.17) is 14.2 Å². The zero-order valence-corrected chi connectivity index (χ0v) is 33.7. The largest absolute Gasteiger partial charge is 0.469 e. The number of esters is 2. The minimum atomic E-state index is -0.381.